The number of aliphatic hydroxyl groups is 2. The Kier molecular flexibility index (Phi) is 8.45. The molecule has 0 spiro atoms. The highest BCUT2D eigenvalue weighted by atomic mass is 16.7. The van der Waals surface area contributed by atoms with Gasteiger partial charge < -0.3 is 24.8 Å². The number of rotatable bonds is 10. The molecule has 128 valence electrons. The summed E-state index contributed by atoms with van der Waals surface area (Å²) in [5.41, 5.74) is 0. The lowest BCUT2D eigenvalue weighted by atomic mass is 10.1. The number of ether oxygens (including phenoxy) is 2. The summed E-state index contributed by atoms with van der Waals surface area (Å²) in [6, 6.07) is 0. The molecule has 6 nitrogen and oxygen atoms in total. The van der Waals surface area contributed by atoms with E-state index in [2.05, 4.69) is 6.92 Å². The van der Waals surface area contributed by atoms with Crippen LogP contribution in [0.3, 0.4) is 0 Å². The quantitative estimate of drug-likeness (QED) is 0.536. The molecule has 0 amide bonds. The van der Waals surface area contributed by atoms with Crippen molar-refractivity contribution in [3.63, 3.8) is 0 Å². The van der Waals surface area contributed by atoms with Gasteiger partial charge in [0, 0.05) is 0 Å². The van der Waals surface area contributed by atoms with E-state index in [1.165, 1.54) is 19.3 Å². The lowest BCUT2D eigenvalue weighted by Crippen LogP contribution is -2.44. The van der Waals surface area contributed by atoms with Gasteiger partial charge in [-0.3, -0.25) is 0 Å². The van der Waals surface area contributed by atoms with Gasteiger partial charge in [-0.05, 0) is 18.9 Å². The molecule has 1 heterocycles. The van der Waals surface area contributed by atoms with E-state index < -0.39 is 30.2 Å². The minimum Gasteiger partial charge on any atom is -0.510 e. The van der Waals surface area contributed by atoms with E-state index in [0.717, 1.165) is 31.8 Å². The Balaban J connectivity index is 2.48. The minimum atomic E-state index is -1.34. The third kappa shape index (κ3) is 5.94. The van der Waals surface area contributed by atoms with Crippen molar-refractivity contribution in [2.75, 3.05) is 0 Å². The molecule has 3 unspecified atom stereocenters. The van der Waals surface area contributed by atoms with Crippen LogP contribution in [0, 0.1) is 0 Å². The fraction of sp³-hybridized carbons (Fsp3) is 0.812. The Hall–Kier alpha value is -1.11. The summed E-state index contributed by atoms with van der Waals surface area (Å²) in [6.45, 7) is 4.13. The maximum absolute atomic E-state index is 11.0. The maximum atomic E-state index is 11.0. The molecule has 0 aromatic carbocycles. The highest BCUT2D eigenvalue weighted by Gasteiger charge is 2.36. The van der Waals surface area contributed by atoms with E-state index in [9.17, 15) is 15.0 Å². The summed E-state index contributed by atoms with van der Waals surface area (Å²) < 4.78 is 10.9. The van der Waals surface area contributed by atoms with E-state index >= 15 is 0 Å². The molecule has 0 saturated heterocycles. The van der Waals surface area contributed by atoms with Crippen LogP contribution in [-0.4, -0.2) is 45.9 Å². The Morgan fingerprint density at radius 3 is 2.59 bits per heavy atom. The highest BCUT2D eigenvalue weighted by Crippen LogP contribution is 2.23. The molecule has 1 aliphatic heterocycles. The molecule has 0 fully saturated rings. The Morgan fingerprint density at radius 1 is 1.32 bits per heavy atom. The summed E-state index contributed by atoms with van der Waals surface area (Å²) in [4.78, 5) is 11.0. The second-order valence-electron chi connectivity index (χ2n) is 5.67. The SMILES string of the molecule is CCCCCCCC(CC)OC1OC(C(=O)O)C=C(O)[C@@H]1O. The molecule has 0 saturated carbocycles. The lowest BCUT2D eigenvalue weighted by molar-refractivity contribution is -0.237. The molecule has 3 N–H and O–H groups in total. The van der Waals surface area contributed by atoms with E-state index in [0.29, 0.717) is 0 Å². The standard InChI is InChI=1S/C16H28O6/c1-3-5-6-7-8-9-11(4-2)21-16-14(18)12(17)10-13(22-16)15(19)20/h10-11,13-14,16-18H,3-9H2,1-2H3,(H,19,20)/t11?,13?,14-,16?/m0/s1. The number of unbranched alkanes of at least 4 members (excludes halogenated alkanes) is 4. The monoisotopic (exact) mass is 316 g/mol. The first-order chi connectivity index (χ1) is 10.5. The van der Waals surface area contributed by atoms with Crippen molar-refractivity contribution < 1.29 is 29.6 Å². The number of aliphatic hydroxyl groups excluding tert-OH is 2. The van der Waals surface area contributed by atoms with Gasteiger partial charge in [0.1, 0.15) is 5.76 Å². The van der Waals surface area contributed by atoms with Gasteiger partial charge in [-0.15, -0.1) is 0 Å². The third-order valence-electron chi connectivity index (χ3n) is 3.82. The summed E-state index contributed by atoms with van der Waals surface area (Å²) in [6.07, 6.45) is 4.40. The van der Waals surface area contributed by atoms with Crippen molar-refractivity contribution in [1.82, 2.24) is 0 Å². The van der Waals surface area contributed by atoms with Gasteiger partial charge >= 0.3 is 5.97 Å². The molecule has 4 atom stereocenters. The van der Waals surface area contributed by atoms with Gasteiger partial charge in [0.15, 0.2) is 18.5 Å². The number of hydrogen-bond donors (Lipinski definition) is 3. The van der Waals surface area contributed by atoms with Gasteiger partial charge in [0.2, 0.25) is 0 Å². The van der Waals surface area contributed by atoms with E-state index in [-0.39, 0.29) is 6.10 Å². The van der Waals surface area contributed by atoms with Crippen LogP contribution in [0.2, 0.25) is 0 Å². The highest BCUT2D eigenvalue weighted by molar-refractivity contribution is 5.75. The summed E-state index contributed by atoms with van der Waals surface area (Å²) in [7, 11) is 0. The van der Waals surface area contributed by atoms with Crippen LogP contribution in [-0.2, 0) is 14.3 Å². The zero-order valence-corrected chi connectivity index (χ0v) is 13.4. The number of carbonyl (C=O) groups is 1. The van der Waals surface area contributed by atoms with Crippen LogP contribution in [0.25, 0.3) is 0 Å². The van der Waals surface area contributed by atoms with Crippen LogP contribution in [0.5, 0.6) is 0 Å². The molecular formula is C16H28O6. The van der Waals surface area contributed by atoms with Crippen LogP contribution >= 0.6 is 0 Å². The number of carboxylic acids is 1. The Bertz CT molecular complexity index is 368. The number of hydrogen-bond acceptors (Lipinski definition) is 5. The molecular weight excluding hydrogens is 288 g/mol. The molecule has 0 radical (unpaired) electrons. The van der Waals surface area contributed by atoms with Gasteiger partial charge in [-0.25, -0.2) is 4.79 Å². The van der Waals surface area contributed by atoms with Crippen LogP contribution in [0.4, 0.5) is 0 Å². The average molecular weight is 316 g/mol. The third-order valence-corrected chi connectivity index (χ3v) is 3.82. The first-order valence-electron chi connectivity index (χ1n) is 8.12. The summed E-state index contributed by atoms with van der Waals surface area (Å²) in [5, 5.41) is 28.4. The fourth-order valence-electron chi connectivity index (χ4n) is 2.42. The molecule has 0 aromatic heterocycles. The van der Waals surface area contributed by atoms with E-state index in [1.807, 2.05) is 6.92 Å². The molecule has 1 rings (SSSR count). The van der Waals surface area contributed by atoms with Crippen molar-refractivity contribution in [1.29, 1.82) is 0 Å². The van der Waals surface area contributed by atoms with Crippen molar-refractivity contribution in [2.24, 2.45) is 0 Å². The Morgan fingerprint density at radius 2 is 2.00 bits per heavy atom. The van der Waals surface area contributed by atoms with Gasteiger partial charge in [-0.1, -0.05) is 46.0 Å². The van der Waals surface area contributed by atoms with Crippen molar-refractivity contribution in [3.05, 3.63) is 11.8 Å². The van der Waals surface area contributed by atoms with E-state index in [4.69, 9.17) is 14.6 Å². The first-order valence-corrected chi connectivity index (χ1v) is 8.12. The zero-order chi connectivity index (χ0) is 16.5. The maximum Gasteiger partial charge on any atom is 0.337 e. The van der Waals surface area contributed by atoms with Crippen LogP contribution < -0.4 is 0 Å². The minimum absolute atomic E-state index is 0.123. The largest absolute Gasteiger partial charge is 0.510 e. The second kappa shape index (κ2) is 9.82. The van der Waals surface area contributed by atoms with E-state index in [1.54, 1.807) is 0 Å². The molecule has 1 aliphatic rings. The summed E-state index contributed by atoms with van der Waals surface area (Å²) >= 11 is 0. The van der Waals surface area contributed by atoms with Gasteiger partial charge in [0.05, 0.1) is 6.10 Å². The number of carboxylic acid groups (broad SMARTS) is 1. The predicted octanol–water partition coefficient (Wildman–Crippen LogP) is 2.75. The van der Waals surface area contributed by atoms with Gasteiger partial charge in [0.25, 0.3) is 0 Å². The van der Waals surface area contributed by atoms with Crippen molar-refractivity contribution >= 4 is 5.97 Å². The topological polar surface area (TPSA) is 96.2 Å². The zero-order valence-electron chi connectivity index (χ0n) is 13.4. The molecule has 0 aliphatic carbocycles. The predicted molar refractivity (Wildman–Crippen MR) is 81.6 cm³/mol. The van der Waals surface area contributed by atoms with Crippen LogP contribution in [0.1, 0.15) is 58.8 Å². The molecule has 22 heavy (non-hydrogen) atoms. The average Bonchev–Trinajstić information content (AvgIpc) is 2.49. The van der Waals surface area contributed by atoms with Crippen LogP contribution in [0.15, 0.2) is 11.8 Å². The van der Waals surface area contributed by atoms with Crippen molar-refractivity contribution in [3.8, 4) is 0 Å². The van der Waals surface area contributed by atoms with Gasteiger partial charge in [-0.2, -0.15) is 0 Å². The second-order valence-corrected chi connectivity index (χ2v) is 5.67. The number of aliphatic carboxylic acids is 1. The first kappa shape index (κ1) is 18.9. The lowest BCUT2D eigenvalue weighted by Gasteiger charge is -2.32. The summed E-state index contributed by atoms with van der Waals surface area (Å²) in [5.74, 6) is -1.64. The molecule has 0 aromatic rings. The smallest absolute Gasteiger partial charge is 0.337 e. The molecule has 6 heteroatoms. The fourth-order valence-corrected chi connectivity index (χ4v) is 2.42. The van der Waals surface area contributed by atoms with Crippen molar-refractivity contribution in [2.45, 2.75) is 83.4 Å². The normalized spacial score (nSPS) is 26.5. The molecule has 0 bridgehead atoms. The Labute approximate surface area is 131 Å².